The Kier molecular flexibility index (Phi) is 5.76. The third-order valence-corrected chi connectivity index (χ3v) is 11.5. The summed E-state index contributed by atoms with van der Waals surface area (Å²) < 4.78 is 4.96. The first-order valence-electron chi connectivity index (χ1n) is 17.9. The third kappa shape index (κ3) is 3.88. The highest BCUT2D eigenvalue weighted by Gasteiger charge is 2.35. The van der Waals surface area contributed by atoms with E-state index in [0.717, 1.165) is 11.4 Å². The predicted molar refractivity (Wildman–Crippen MR) is 216 cm³/mol. The molecule has 0 aliphatic heterocycles. The molecule has 1 aliphatic rings. The van der Waals surface area contributed by atoms with Crippen LogP contribution in [0.1, 0.15) is 25.0 Å². The molecule has 1 aliphatic carbocycles. The van der Waals surface area contributed by atoms with Crippen LogP contribution in [0.4, 0.5) is 0 Å². The van der Waals surface area contributed by atoms with Crippen LogP contribution in [-0.4, -0.2) is 9.13 Å². The number of fused-ring (bicyclic) bond motifs is 12. The van der Waals surface area contributed by atoms with E-state index < -0.39 is 0 Å². The van der Waals surface area contributed by atoms with Gasteiger partial charge in [0.1, 0.15) is 0 Å². The van der Waals surface area contributed by atoms with Crippen molar-refractivity contribution in [3.05, 3.63) is 181 Å². The lowest BCUT2D eigenvalue weighted by Gasteiger charge is -2.21. The molecular weight excluding hydrogens is 617 g/mol. The molecule has 0 unspecified atom stereocenters. The average molecular weight is 651 g/mol. The molecule has 2 heterocycles. The Morgan fingerprint density at radius 1 is 0.392 bits per heavy atom. The topological polar surface area (TPSA) is 9.86 Å². The fourth-order valence-electron chi connectivity index (χ4n) is 9.13. The molecule has 0 amide bonds. The van der Waals surface area contributed by atoms with E-state index in [2.05, 4.69) is 193 Å². The fourth-order valence-corrected chi connectivity index (χ4v) is 9.13. The standard InChI is InChI=1S/C49H34N2/c1-49(2)42-18-10-8-16-37(42)41-30-33(22-28-43(41)49)31-20-24-35(25-21-31)51-45-29-23-32-12-6-7-15-36(32)46(45)40-27-26-39-38-17-9-11-19-44(38)50(47(39)48(40)51)34-13-4-3-5-14-34/h3-30H,1-2H3. The first-order valence-corrected chi connectivity index (χ1v) is 17.9. The number of aromatic nitrogens is 2. The van der Waals surface area contributed by atoms with Crippen LogP contribution < -0.4 is 0 Å². The van der Waals surface area contributed by atoms with Crippen molar-refractivity contribution in [3.8, 4) is 33.6 Å². The van der Waals surface area contributed by atoms with Crippen LogP contribution in [0.15, 0.2) is 170 Å². The smallest absolute Gasteiger partial charge is 0.0789 e. The lowest BCUT2D eigenvalue weighted by Crippen LogP contribution is -2.14. The average Bonchev–Trinajstić information content (AvgIpc) is 3.79. The van der Waals surface area contributed by atoms with Crippen LogP contribution in [0.5, 0.6) is 0 Å². The first-order chi connectivity index (χ1) is 25.1. The van der Waals surface area contributed by atoms with Gasteiger partial charge in [0.05, 0.1) is 22.1 Å². The Balaban J connectivity index is 1.19. The van der Waals surface area contributed by atoms with E-state index in [-0.39, 0.29) is 5.41 Å². The van der Waals surface area contributed by atoms with E-state index >= 15 is 0 Å². The Bertz CT molecular complexity index is 3030. The summed E-state index contributed by atoms with van der Waals surface area (Å²) in [6.45, 7) is 4.69. The van der Waals surface area contributed by atoms with Crippen molar-refractivity contribution >= 4 is 54.4 Å². The minimum Gasteiger partial charge on any atom is -0.307 e. The Morgan fingerprint density at radius 3 is 1.88 bits per heavy atom. The first kappa shape index (κ1) is 28.5. The number of para-hydroxylation sites is 2. The summed E-state index contributed by atoms with van der Waals surface area (Å²) in [6.07, 6.45) is 0. The van der Waals surface area contributed by atoms with E-state index in [1.165, 1.54) is 87.8 Å². The van der Waals surface area contributed by atoms with Gasteiger partial charge in [0.2, 0.25) is 0 Å². The normalized spacial score (nSPS) is 13.5. The summed E-state index contributed by atoms with van der Waals surface area (Å²) >= 11 is 0. The van der Waals surface area contributed by atoms with Crippen molar-refractivity contribution in [2.45, 2.75) is 19.3 Å². The maximum absolute atomic E-state index is 2.50. The highest BCUT2D eigenvalue weighted by molar-refractivity contribution is 6.28. The van der Waals surface area contributed by atoms with Gasteiger partial charge in [0, 0.05) is 38.3 Å². The second kappa shape index (κ2) is 10.3. The summed E-state index contributed by atoms with van der Waals surface area (Å²) in [7, 11) is 0. The van der Waals surface area contributed by atoms with E-state index in [1.807, 2.05) is 0 Å². The van der Waals surface area contributed by atoms with E-state index in [0.29, 0.717) is 0 Å². The van der Waals surface area contributed by atoms with Crippen LogP contribution in [0.25, 0.3) is 88.0 Å². The van der Waals surface area contributed by atoms with Crippen LogP contribution in [-0.2, 0) is 5.41 Å². The van der Waals surface area contributed by atoms with Crippen LogP contribution in [0.3, 0.4) is 0 Å². The molecular formula is C49H34N2. The molecule has 0 spiro atoms. The molecule has 0 fully saturated rings. The minimum absolute atomic E-state index is 0.00255. The Labute approximate surface area is 296 Å². The quantitative estimate of drug-likeness (QED) is 0.180. The molecule has 51 heavy (non-hydrogen) atoms. The molecule has 0 saturated carbocycles. The van der Waals surface area contributed by atoms with Gasteiger partial charge in [-0.2, -0.15) is 0 Å². The zero-order valence-corrected chi connectivity index (χ0v) is 28.6. The summed E-state index contributed by atoms with van der Waals surface area (Å²) in [6, 6.07) is 62.8. The van der Waals surface area contributed by atoms with Crippen LogP contribution in [0, 0.1) is 0 Å². The van der Waals surface area contributed by atoms with Gasteiger partial charge in [-0.05, 0) is 86.6 Å². The predicted octanol–water partition coefficient (Wildman–Crippen LogP) is 13.0. The summed E-state index contributed by atoms with van der Waals surface area (Å²) in [5.41, 5.74) is 15.2. The van der Waals surface area contributed by atoms with Crippen molar-refractivity contribution in [1.82, 2.24) is 9.13 Å². The van der Waals surface area contributed by atoms with Crippen molar-refractivity contribution in [2.24, 2.45) is 0 Å². The molecule has 2 heteroatoms. The van der Waals surface area contributed by atoms with Crippen LogP contribution in [0.2, 0.25) is 0 Å². The summed E-state index contributed by atoms with van der Waals surface area (Å²) in [5, 5.41) is 7.60. The summed E-state index contributed by atoms with van der Waals surface area (Å²) in [4.78, 5) is 0. The number of nitrogens with zero attached hydrogens (tertiary/aromatic N) is 2. The van der Waals surface area contributed by atoms with Crippen molar-refractivity contribution in [3.63, 3.8) is 0 Å². The largest absolute Gasteiger partial charge is 0.307 e. The maximum atomic E-state index is 2.50. The van der Waals surface area contributed by atoms with Gasteiger partial charge in [-0.1, -0.05) is 141 Å². The van der Waals surface area contributed by atoms with Crippen LogP contribution >= 0.6 is 0 Å². The molecule has 8 aromatic carbocycles. The molecule has 2 aromatic heterocycles. The molecule has 0 N–H and O–H groups in total. The molecule has 10 aromatic rings. The van der Waals surface area contributed by atoms with E-state index in [1.54, 1.807) is 0 Å². The second-order valence-corrected chi connectivity index (χ2v) is 14.5. The molecule has 240 valence electrons. The molecule has 0 bridgehead atoms. The SMILES string of the molecule is CC1(C)c2ccccc2-c2cc(-c3ccc(-n4c5ccc6ccccc6c5c5ccc6c7ccccc7n(-c7ccccc7)c6c54)cc3)ccc21. The molecule has 11 rings (SSSR count). The van der Waals surface area contributed by atoms with Gasteiger partial charge in [0.25, 0.3) is 0 Å². The molecule has 0 saturated heterocycles. The van der Waals surface area contributed by atoms with E-state index in [9.17, 15) is 0 Å². The third-order valence-electron chi connectivity index (χ3n) is 11.5. The zero-order chi connectivity index (χ0) is 33.8. The Morgan fingerprint density at radius 2 is 1.02 bits per heavy atom. The Hall–Kier alpha value is -6.38. The van der Waals surface area contributed by atoms with Gasteiger partial charge in [-0.25, -0.2) is 0 Å². The van der Waals surface area contributed by atoms with Gasteiger partial charge in [-0.15, -0.1) is 0 Å². The monoisotopic (exact) mass is 650 g/mol. The number of benzene rings is 8. The molecule has 0 atom stereocenters. The second-order valence-electron chi connectivity index (χ2n) is 14.5. The highest BCUT2D eigenvalue weighted by Crippen LogP contribution is 2.50. The van der Waals surface area contributed by atoms with Gasteiger partial charge in [0.15, 0.2) is 0 Å². The lowest BCUT2D eigenvalue weighted by atomic mass is 9.82. The van der Waals surface area contributed by atoms with Crippen molar-refractivity contribution < 1.29 is 0 Å². The van der Waals surface area contributed by atoms with Gasteiger partial charge >= 0.3 is 0 Å². The van der Waals surface area contributed by atoms with Crippen molar-refractivity contribution in [2.75, 3.05) is 0 Å². The van der Waals surface area contributed by atoms with Gasteiger partial charge in [-0.3, -0.25) is 0 Å². The highest BCUT2D eigenvalue weighted by atomic mass is 15.0. The minimum atomic E-state index is 0.00255. The zero-order valence-electron chi connectivity index (χ0n) is 28.6. The lowest BCUT2D eigenvalue weighted by molar-refractivity contribution is 0.660. The molecule has 2 nitrogen and oxygen atoms in total. The summed E-state index contributed by atoms with van der Waals surface area (Å²) in [5.74, 6) is 0. The van der Waals surface area contributed by atoms with Crippen molar-refractivity contribution in [1.29, 1.82) is 0 Å². The fraction of sp³-hybridized carbons (Fsp3) is 0.0612. The number of rotatable bonds is 3. The number of hydrogen-bond acceptors (Lipinski definition) is 0. The maximum Gasteiger partial charge on any atom is 0.0789 e. The number of hydrogen-bond donors (Lipinski definition) is 0. The van der Waals surface area contributed by atoms with Gasteiger partial charge < -0.3 is 9.13 Å². The van der Waals surface area contributed by atoms with E-state index in [4.69, 9.17) is 0 Å². The molecule has 0 radical (unpaired) electrons.